The molecule has 3 heterocycles. The van der Waals surface area contributed by atoms with Crippen molar-refractivity contribution in [2.75, 3.05) is 18.0 Å². The predicted molar refractivity (Wildman–Crippen MR) is 82.3 cm³/mol. The standard InChI is InChI=1S/C16H22N4O/c1-13(12-15-4-2-11-21-15)19-14-5-9-20(10-6-14)16-17-7-3-8-18-16/h2-4,7-8,11,13-14,19H,5-6,9-10,12H2,1H3. The molecule has 3 rings (SSSR count). The minimum Gasteiger partial charge on any atom is -0.469 e. The third-order valence-electron chi connectivity index (χ3n) is 3.94. The maximum absolute atomic E-state index is 5.40. The SMILES string of the molecule is CC(Cc1ccco1)NC1CCN(c2ncccn2)CC1. The molecule has 0 aromatic carbocycles. The van der Waals surface area contributed by atoms with Crippen LogP contribution in [0.3, 0.4) is 0 Å². The summed E-state index contributed by atoms with van der Waals surface area (Å²) in [6.07, 6.45) is 8.53. The van der Waals surface area contributed by atoms with Gasteiger partial charge in [-0.2, -0.15) is 0 Å². The van der Waals surface area contributed by atoms with Crippen molar-refractivity contribution in [3.8, 4) is 0 Å². The van der Waals surface area contributed by atoms with Gasteiger partial charge in [0.15, 0.2) is 0 Å². The third-order valence-corrected chi connectivity index (χ3v) is 3.94. The lowest BCUT2D eigenvalue weighted by Crippen LogP contribution is -2.46. The highest BCUT2D eigenvalue weighted by molar-refractivity contribution is 5.29. The first-order valence-electron chi connectivity index (χ1n) is 7.61. The minimum atomic E-state index is 0.431. The number of aromatic nitrogens is 2. The zero-order valence-electron chi connectivity index (χ0n) is 12.4. The number of hydrogen-bond acceptors (Lipinski definition) is 5. The van der Waals surface area contributed by atoms with Crippen LogP contribution in [-0.2, 0) is 6.42 Å². The van der Waals surface area contributed by atoms with E-state index >= 15 is 0 Å². The molecule has 5 nitrogen and oxygen atoms in total. The molecular weight excluding hydrogens is 264 g/mol. The first-order chi connectivity index (χ1) is 10.3. The molecule has 1 unspecified atom stereocenters. The van der Waals surface area contributed by atoms with Crippen molar-refractivity contribution < 1.29 is 4.42 Å². The summed E-state index contributed by atoms with van der Waals surface area (Å²) < 4.78 is 5.40. The van der Waals surface area contributed by atoms with Gasteiger partial charge in [0.05, 0.1) is 6.26 Å². The van der Waals surface area contributed by atoms with Crippen molar-refractivity contribution in [3.63, 3.8) is 0 Å². The van der Waals surface area contributed by atoms with Gasteiger partial charge in [0, 0.05) is 44.0 Å². The van der Waals surface area contributed by atoms with E-state index < -0.39 is 0 Å². The topological polar surface area (TPSA) is 54.2 Å². The van der Waals surface area contributed by atoms with Crippen LogP contribution in [0, 0.1) is 0 Å². The normalized spacial score (nSPS) is 17.9. The summed E-state index contributed by atoms with van der Waals surface area (Å²) in [4.78, 5) is 10.9. The molecule has 0 bridgehead atoms. The molecule has 0 radical (unpaired) electrons. The quantitative estimate of drug-likeness (QED) is 0.913. The maximum atomic E-state index is 5.40. The number of nitrogens with zero attached hydrogens (tertiary/aromatic N) is 3. The number of piperidine rings is 1. The van der Waals surface area contributed by atoms with Crippen LogP contribution in [0.1, 0.15) is 25.5 Å². The molecule has 0 spiro atoms. The molecule has 1 saturated heterocycles. The van der Waals surface area contributed by atoms with Crippen LogP contribution >= 0.6 is 0 Å². The molecule has 0 amide bonds. The third kappa shape index (κ3) is 3.82. The number of furan rings is 1. The van der Waals surface area contributed by atoms with Gasteiger partial charge in [-0.3, -0.25) is 0 Å². The lowest BCUT2D eigenvalue weighted by molar-refractivity contribution is 0.361. The Labute approximate surface area is 125 Å². The monoisotopic (exact) mass is 286 g/mol. The molecule has 1 fully saturated rings. The Morgan fingerprint density at radius 2 is 2.05 bits per heavy atom. The number of hydrogen-bond donors (Lipinski definition) is 1. The lowest BCUT2D eigenvalue weighted by atomic mass is 10.0. The average molecular weight is 286 g/mol. The molecule has 5 heteroatoms. The van der Waals surface area contributed by atoms with Crippen LogP contribution in [0.25, 0.3) is 0 Å². The average Bonchev–Trinajstić information content (AvgIpc) is 3.02. The summed E-state index contributed by atoms with van der Waals surface area (Å²) in [7, 11) is 0. The Balaban J connectivity index is 1.45. The number of nitrogens with one attached hydrogen (secondary N) is 1. The summed E-state index contributed by atoms with van der Waals surface area (Å²) in [5, 5.41) is 3.70. The molecule has 1 N–H and O–H groups in total. The largest absolute Gasteiger partial charge is 0.469 e. The van der Waals surface area contributed by atoms with E-state index in [-0.39, 0.29) is 0 Å². The smallest absolute Gasteiger partial charge is 0.225 e. The van der Waals surface area contributed by atoms with Gasteiger partial charge in [-0.25, -0.2) is 9.97 Å². The van der Waals surface area contributed by atoms with Crippen LogP contribution in [-0.4, -0.2) is 35.1 Å². The highest BCUT2D eigenvalue weighted by atomic mass is 16.3. The Kier molecular flexibility index (Phi) is 4.50. The van der Waals surface area contributed by atoms with E-state index in [1.54, 1.807) is 18.7 Å². The molecule has 0 aliphatic carbocycles. The molecule has 1 aliphatic heterocycles. The zero-order valence-corrected chi connectivity index (χ0v) is 12.4. The molecule has 112 valence electrons. The van der Waals surface area contributed by atoms with Gasteiger partial charge < -0.3 is 14.6 Å². The van der Waals surface area contributed by atoms with E-state index in [0.29, 0.717) is 12.1 Å². The Bertz CT molecular complexity index is 520. The van der Waals surface area contributed by atoms with Gasteiger partial charge in [-0.15, -0.1) is 0 Å². The summed E-state index contributed by atoms with van der Waals surface area (Å²) in [6, 6.07) is 6.83. The highest BCUT2D eigenvalue weighted by Crippen LogP contribution is 2.16. The molecule has 2 aromatic heterocycles. The van der Waals surface area contributed by atoms with E-state index in [4.69, 9.17) is 4.42 Å². The van der Waals surface area contributed by atoms with Crippen LogP contribution in [0.2, 0.25) is 0 Å². The lowest BCUT2D eigenvalue weighted by Gasteiger charge is -2.33. The van der Waals surface area contributed by atoms with Crippen molar-refractivity contribution in [1.29, 1.82) is 0 Å². The van der Waals surface area contributed by atoms with E-state index in [1.807, 2.05) is 18.2 Å². The second kappa shape index (κ2) is 6.72. The minimum absolute atomic E-state index is 0.431. The van der Waals surface area contributed by atoms with Gasteiger partial charge in [0.2, 0.25) is 5.95 Å². The Morgan fingerprint density at radius 3 is 2.71 bits per heavy atom. The summed E-state index contributed by atoms with van der Waals surface area (Å²) in [5.74, 6) is 1.89. The van der Waals surface area contributed by atoms with Gasteiger partial charge in [-0.1, -0.05) is 0 Å². The molecule has 0 saturated carbocycles. The predicted octanol–water partition coefficient (Wildman–Crippen LogP) is 2.26. The van der Waals surface area contributed by atoms with E-state index in [0.717, 1.165) is 44.1 Å². The maximum Gasteiger partial charge on any atom is 0.225 e. The Morgan fingerprint density at radius 1 is 1.29 bits per heavy atom. The van der Waals surface area contributed by atoms with Gasteiger partial charge in [-0.05, 0) is 38.0 Å². The van der Waals surface area contributed by atoms with Crippen molar-refractivity contribution >= 4 is 5.95 Å². The molecule has 1 aliphatic rings. The number of rotatable bonds is 5. The fourth-order valence-corrected chi connectivity index (χ4v) is 2.89. The molecule has 21 heavy (non-hydrogen) atoms. The van der Waals surface area contributed by atoms with Crippen molar-refractivity contribution in [2.45, 2.75) is 38.3 Å². The summed E-state index contributed by atoms with van der Waals surface area (Å²) in [6.45, 7) is 4.24. The van der Waals surface area contributed by atoms with Crippen molar-refractivity contribution in [2.24, 2.45) is 0 Å². The van der Waals surface area contributed by atoms with Gasteiger partial charge in [0.25, 0.3) is 0 Å². The Hall–Kier alpha value is -1.88. The summed E-state index contributed by atoms with van der Waals surface area (Å²) >= 11 is 0. The first kappa shape index (κ1) is 14.1. The second-order valence-corrected chi connectivity index (χ2v) is 5.66. The molecule has 2 aromatic rings. The second-order valence-electron chi connectivity index (χ2n) is 5.66. The number of anilines is 1. The van der Waals surface area contributed by atoms with Crippen LogP contribution in [0.5, 0.6) is 0 Å². The van der Waals surface area contributed by atoms with Gasteiger partial charge >= 0.3 is 0 Å². The van der Waals surface area contributed by atoms with Gasteiger partial charge in [0.1, 0.15) is 5.76 Å². The van der Waals surface area contributed by atoms with Crippen LogP contribution in [0.15, 0.2) is 41.3 Å². The van der Waals surface area contributed by atoms with Crippen LogP contribution in [0.4, 0.5) is 5.95 Å². The molecular formula is C16H22N4O. The van der Waals surface area contributed by atoms with Crippen LogP contribution < -0.4 is 10.2 Å². The fourth-order valence-electron chi connectivity index (χ4n) is 2.89. The van der Waals surface area contributed by atoms with E-state index in [1.165, 1.54) is 0 Å². The van der Waals surface area contributed by atoms with Crippen molar-refractivity contribution in [1.82, 2.24) is 15.3 Å². The highest BCUT2D eigenvalue weighted by Gasteiger charge is 2.22. The van der Waals surface area contributed by atoms with Crippen molar-refractivity contribution in [3.05, 3.63) is 42.6 Å². The fraction of sp³-hybridized carbons (Fsp3) is 0.500. The van der Waals surface area contributed by atoms with E-state index in [9.17, 15) is 0 Å². The molecule has 1 atom stereocenters. The first-order valence-corrected chi connectivity index (χ1v) is 7.61. The zero-order chi connectivity index (χ0) is 14.5. The summed E-state index contributed by atoms with van der Waals surface area (Å²) in [5.41, 5.74) is 0. The van der Waals surface area contributed by atoms with E-state index in [2.05, 4.69) is 27.1 Å².